The lowest BCUT2D eigenvalue weighted by Gasteiger charge is -2.26. The summed E-state index contributed by atoms with van der Waals surface area (Å²) in [4.78, 5) is 2.36. The quantitative estimate of drug-likeness (QED) is 0.774. The molecule has 2 unspecified atom stereocenters. The maximum absolute atomic E-state index is 9.50. The molecule has 0 aromatic rings. The second-order valence-electron chi connectivity index (χ2n) is 5.87. The Morgan fingerprint density at radius 2 is 2.00 bits per heavy atom. The molecule has 0 amide bonds. The number of hydrogen-bond acceptors (Lipinski definition) is 3. The molecule has 3 nitrogen and oxygen atoms in total. The number of aliphatic hydroxyl groups excluding tert-OH is 1. The molecule has 0 radical (unpaired) electrons. The van der Waals surface area contributed by atoms with Crippen LogP contribution in [0.4, 0.5) is 0 Å². The second kappa shape index (κ2) is 4.28. The first-order valence-electron chi connectivity index (χ1n) is 6.84. The van der Waals surface area contributed by atoms with Gasteiger partial charge in [-0.2, -0.15) is 0 Å². The summed E-state index contributed by atoms with van der Waals surface area (Å²) in [6.07, 6.45) is 9.06. The first-order valence-corrected chi connectivity index (χ1v) is 6.84. The molecular weight excluding hydrogens is 202 g/mol. The standard InChI is InChI=1S/C13H23NO2/c15-11-4-8-14(9-11)10-12-3-7-13(16-12)5-1-2-6-13/h11-12,15H,1-10H2. The Morgan fingerprint density at radius 3 is 2.69 bits per heavy atom. The summed E-state index contributed by atoms with van der Waals surface area (Å²) in [7, 11) is 0. The Labute approximate surface area is 97.8 Å². The zero-order valence-electron chi connectivity index (χ0n) is 10.0. The normalized spacial score (nSPS) is 38.8. The first-order chi connectivity index (χ1) is 7.76. The van der Waals surface area contributed by atoms with Crippen LogP contribution < -0.4 is 0 Å². The molecule has 3 aliphatic rings. The van der Waals surface area contributed by atoms with Crippen LogP contribution in [0.25, 0.3) is 0 Å². The van der Waals surface area contributed by atoms with Gasteiger partial charge in [-0.3, -0.25) is 4.90 Å². The van der Waals surface area contributed by atoms with Crippen LogP contribution in [0.15, 0.2) is 0 Å². The van der Waals surface area contributed by atoms with E-state index in [1.807, 2.05) is 0 Å². The van der Waals surface area contributed by atoms with E-state index < -0.39 is 0 Å². The third-order valence-electron chi connectivity index (χ3n) is 4.56. The molecule has 2 atom stereocenters. The summed E-state index contributed by atoms with van der Waals surface area (Å²) in [6.45, 7) is 2.94. The van der Waals surface area contributed by atoms with Gasteiger partial charge in [0.05, 0.1) is 17.8 Å². The zero-order valence-corrected chi connectivity index (χ0v) is 10.0. The monoisotopic (exact) mass is 225 g/mol. The third kappa shape index (κ3) is 2.13. The Kier molecular flexibility index (Phi) is 2.94. The number of ether oxygens (including phenoxy) is 1. The molecular formula is C13H23NO2. The van der Waals surface area contributed by atoms with Crippen LogP contribution in [0, 0.1) is 0 Å². The van der Waals surface area contributed by atoms with E-state index >= 15 is 0 Å². The maximum atomic E-state index is 9.50. The SMILES string of the molecule is OC1CCN(CC2CCC3(CCCC3)O2)C1. The zero-order chi connectivity index (χ0) is 11.0. The van der Waals surface area contributed by atoms with E-state index in [1.165, 1.54) is 38.5 Å². The molecule has 3 heteroatoms. The van der Waals surface area contributed by atoms with E-state index in [2.05, 4.69) is 4.90 Å². The lowest BCUT2D eigenvalue weighted by molar-refractivity contribution is -0.0460. The fourth-order valence-corrected chi connectivity index (χ4v) is 3.68. The van der Waals surface area contributed by atoms with E-state index in [1.54, 1.807) is 0 Å². The van der Waals surface area contributed by atoms with Crippen molar-refractivity contribution in [1.29, 1.82) is 0 Å². The number of likely N-dealkylation sites (tertiary alicyclic amines) is 1. The molecule has 3 rings (SSSR count). The van der Waals surface area contributed by atoms with Crippen LogP contribution in [0.2, 0.25) is 0 Å². The molecule has 0 aromatic heterocycles. The van der Waals surface area contributed by atoms with Crippen LogP contribution in [-0.2, 0) is 4.74 Å². The fraction of sp³-hybridized carbons (Fsp3) is 1.00. The molecule has 0 aromatic carbocycles. The smallest absolute Gasteiger partial charge is 0.0710 e. The highest BCUT2D eigenvalue weighted by Crippen LogP contribution is 2.43. The summed E-state index contributed by atoms with van der Waals surface area (Å²) in [6, 6.07) is 0. The summed E-state index contributed by atoms with van der Waals surface area (Å²) in [5, 5.41) is 9.50. The van der Waals surface area contributed by atoms with Crippen molar-refractivity contribution in [3.63, 3.8) is 0 Å². The van der Waals surface area contributed by atoms with Gasteiger partial charge in [0.1, 0.15) is 0 Å². The maximum Gasteiger partial charge on any atom is 0.0710 e. The van der Waals surface area contributed by atoms with E-state index in [0.29, 0.717) is 6.10 Å². The third-order valence-corrected chi connectivity index (χ3v) is 4.56. The molecule has 1 saturated carbocycles. The summed E-state index contributed by atoms with van der Waals surface area (Å²) < 4.78 is 6.28. The molecule has 1 aliphatic carbocycles. The lowest BCUT2D eigenvalue weighted by atomic mass is 9.98. The Bertz CT molecular complexity index is 250. The number of nitrogens with zero attached hydrogens (tertiary/aromatic N) is 1. The number of β-amino-alcohol motifs (C(OH)–C–C–N with tert-alkyl or cyclic N) is 1. The molecule has 1 N–H and O–H groups in total. The topological polar surface area (TPSA) is 32.7 Å². The molecule has 2 saturated heterocycles. The van der Waals surface area contributed by atoms with Crippen molar-refractivity contribution in [3.8, 4) is 0 Å². The van der Waals surface area contributed by atoms with Gasteiger partial charge in [0.25, 0.3) is 0 Å². The minimum Gasteiger partial charge on any atom is -0.392 e. The van der Waals surface area contributed by atoms with Gasteiger partial charge in [0.15, 0.2) is 0 Å². The van der Waals surface area contributed by atoms with Gasteiger partial charge in [-0.1, -0.05) is 12.8 Å². The Balaban J connectivity index is 1.50. The lowest BCUT2D eigenvalue weighted by Crippen LogP contribution is -2.33. The molecule has 0 bridgehead atoms. The van der Waals surface area contributed by atoms with Crippen molar-refractivity contribution in [2.45, 2.75) is 62.8 Å². The van der Waals surface area contributed by atoms with Gasteiger partial charge in [-0.25, -0.2) is 0 Å². The Morgan fingerprint density at radius 1 is 1.19 bits per heavy atom. The van der Waals surface area contributed by atoms with Gasteiger partial charge < -0.3 is 9.84 Å². The van der Waals surface area contributed by atoms with Gasteiger partial charge in [0, 0.05) is 19.6 Å². The highest BCUT2D eigenvalue weighted by Gasteiger charge is 2.42. The van der Waals surface area contributed by atoms with Gasteiger partial charge in [0.2, 0.25) is 0 Å². The van der Waals surface area contributed by atoms with Gasteiger partial charge in [-0.15, -0.1) is 0 Å². The fourth-order valence-electron chi connectivity index (χ4n) is 3.68. The average Bonchev–Trinajstić information content (AvgIpc) is 2.94. The van der Waals surface area contributed by atoms with E-state index in [-0.39, 0.29) is 11.7 Å². The van der Waals surface area contributed by atoms with Crippen molar-refractivity contribution in [1.82, 2.24) is 4.90 Å². The van der Waals surface area contributed by atoms with Crippen molar-refractivity contribution < 1.29 is 9.84 Å². The second-order valence-corrected chi connectivity index (χ2v) is 5.87. The van der Waals surface area contributed by atoms with Gasteiger partial charge >= 0.3 is 0 Å². The molecule has 2 heterocycles. The first kappa shape index (κ1) is 11.0. The molecule has 2 aliphatic heterocycles. The van der Waals surface area contributed by atoms with E-state index in [9.17, 15) is 5.11 Å². The van der Waals surface area contributed by atoms with Crippen molar-refractivity contribution in [3.05, 3.63) is 0 Å². The van der Waals surface area contributed by atoms with Crippen LogP contribution in [0.3, 0.4) is 0 Å². The molecule has 92 valence electrons. The van der Waals surface area contributed by atoms with Crippen LogP contribution in [0.5, 0.6) is 0 Å². The van der Waals surface area contributed by atoms with Crippen LogP contribution >= 0.6 is 0 Å². The molecule has 1 spiro atoms. The van der Waals surface area contributed by atoms with E-state index in [4.69, 9.17) is 4.74 Å². The molecule has 3 fully saturated rings. The average molecular weight is 225 g/mol. The van der Waals surface area contributed by atoms with Crippen LogP contribution in [0.1, 0.15) is 44.9 Å². The number of aliphatic hydroxyl groups is 1. The highest BCUT2D eigenvalue weighted by molar-refractivity contribution is 4.94. The van der Waals surface area contributed by atoms with Crippen molar-refractivity contribution in [2.24, 2.45) is 0 Å². The van der Waals surface area contributed by atoms with Gasteiger partial charge in [-0.05, 0) is 32.1 Å². The van der Waals surface area contributed by atoms with Crippen molar-refractivity contribution >= 4 is 0 Å². The minimum atomic E-state index is -0.0955. The Hall–Kier alpha value is -0.120. The summed E-state index contributed by atoms with van der Waals surface area (Å²) in [5.41, 5.74) is 0.267. The summed E-state index contributed by atoms with van der Waals surface area (Å²) >= 11 is 0. The molecule has 16 heavy (non-hydrogen) atoms. The number of hydrogen-bond donors (Lipinski definition) is 1. The predicted octanol–water partition coefficient (Wildman–Crippen LogP) is 1.54. The van der Waals surface area contributed by atoms with E-state index in [0.717, 1.165) is 26.1 Å². The summed E-state index contributed by atoms with van der Waals surface area (Å²) in [5.74, 6) is 0. The number of rotatable bonds is 2. The predicted molar refractivity (Wildman–Crippen MR) is 62.4 cm³/mol. The largest absolute Gasteiger partial charge is 0.392 e. The highest BCUT2D eigenvalue weighted by atomic mass is 16.5. The minimum absolute atomic E-state index is 0.0955. The van der Waals surface area contributed by atoms with Crippen molar-refractivity contribution in [2.75, 3.05) is 19.6 Å². The van der Waals surface area contributed by atoms with Crippen LogP contribution in [-0.4, -0.2) is 47.4 Å².